The third kappa shape index (κ3) is 4.75. The number of hydrogen-bond acceptors (Lipinski definition) is 4. The van der Waals surface area contributed by atoms with Crippen molar-refractivity contribution in [2.45, 2.75) is 44.3 Å². The van der Waals surface area contributed by atoms with Crippen LogP contribution in [0.5, 0.6) is 0 Å². The highest BCUT2D eigenvalue weighted by molar-refractivity contribution is 6.30. The van der Waals surface area contributed by atoms with E-state index in [4.69, 9.17) is 11.6 Å². The van der Waals surface area contributed by atoms with Crippen molar-refractivity contribution in [3.05, 3.63) is 41.0 Å². The van der Waals surface area contributed by atoms with Crippen LogP contribution in [0.15, 0.2) is 30.5 Å². The molecule has 1 fully saturated rings. The topological polar surface area (TPSA) is 49.8 Å². The van der Waals surface area contributed by atoms with Crippen molar-refractivity contribution in [1.29, 1.82) is 0 Å². The normalized spacial score (nSPS) is 15.8. The van der Waals surface area contributed by atoms with Crippen molar-refractivity contribution >= 4 is 29.1 Å². The number of hydrogen-bond donors (Lipinski definition) is 2. The van der Waals surface area contributed by atoms with E-state index in [9.17, 15) is 13.2 Å². The summed E-state index contributed by atoms with van der Waals surface area (Å²) in [6, 6.07) is 5.61. The van der Waals surface area contributed by atoms with Gasteiger partial charge < -0.3 is 10.6 Å². The molecule has 0 unspecified atom stereocenters. The fourth-order valence-corrected chi connectivity index (χ4v) is 3.11. The van der Waals surface area contributed by atoms with Gasteiger partial charge in [0.2, 0.25) is 5.95 Å². The van der Waals surface area contributed by atoms with Gasteiger partial charge in [-0.2, -0.15) is 18.2 Å². The quantitative estimate of drug-likeness (QED) is 0.731. The zero-order valence-corrected chi connectivity index (χ0v) is 14.2. The molecule has 0 aliphatic heterocycles. The van der Waals surface area contributed by atoms with Crippen LogP contribution in [0, 0.1) is 0 Å². The van der Waals surface area contributed by atoms with Gasteiger partial charge in [0.15, 0.2) is 0 Å². The molecule has 8 heteroatoms. The van der Waals surface area contributed by atoms with Gasteiger partial charge in [0.25, 0.3) is 0 Å². The Bertz CT molecular complexity index is 730. The minimum atomic E-state index is -4.52. The average molecular weight is 371 g/mol. The molecule has 1 aromatic carbocycles. The number of aromatic nitrogens is 2. The lowest BCUT2D eigenvalue weighted by Gasteiger charge is -2.23. The molecule has 4 nitrogen and oxygen atoms in total. The molecule has 0 amide bonds. The Labute approximate surface area is 148 Å². The maximum Gasteiger partial charge on any atom is 0.418 e. The highest BCUT2D eigenvalue weighted by atomic mass is 35.5. The van der Waals surface area contributed by atoms with E-state index >= 15 is 0 Å². The van der Waals surface area contributed by atoms with Crippen LogP contribution >= 0.6 is 11.6 Å². The number of rotatable bonds is 4. The van der Waals surface area contributed by atoms with E-state index in [0.717, 1.165) is 18.9 Å². The molecule has 0 radical (unpaired) electrons. The highest BCUT2D eigenvalue weighted by Crippen LogP contribution is 2.37. The zero-order chi connectivity index (χ0) is 17.9. The molecular formula is C17H18ClF3N4. The molecule has 0 spiro atoms. The number of halogens is 4. The Morgan fingerprint density at radius 3 is 2.56 bits per heavy atom. The summed E-state index contributed by atoms with van der Waals surface area (Å²) in [5.41, 5.74) is -0.985. The molecule has 1 aliphatic carbocycles. The maximum absolute atomic E-state index is 13.2. The van der Waals surface area contributed by atoms with E-state index in [-0.39, 0.29) is 16.7 Å². The SMILES string of the molecule is FC(F)(F)c1cc(Cl)ccc1Nc1nccc(NC2CCCCC2)n1. The van der Waals surface area contributed by atoms with E-state index in [1.807, 2.05) is 0 Å². The van der Waals surface area contributed by atoms with Gasteiger partial charge in [-0.1, -0.05) is 30.9 Å². The van der Waals surface area contributed by atoms with Crippen LogP contribution in [0.25, 0.3) is 0 Å². The van der Waals surface area contributed by atoms with E-state index < -0.39 is 11.7 Å². The maximum atomic E-state index is 13.2. The Morgan fingerprint density at radius 1 is 1.08 bits per heavy atom. The standard InChI is InChI=1S/C17H18ClF3N4/c18-11-6-7-14(13(10-11)17(19,20)21)24-16-22-9-8-15(25-16)23-12-4-2-1-3-5-12/h6-10,12H,1-5H2,(H2,22,23,24,25). The molecule has 134 valence electrons. The Morgan fingerprint density at radius 2 is 1.84 bits per heavy atom. The van der Waals surface area contributed by atoms with E-state index in [2.05, 4.69) is 20.6 Å². The van der Waals surface area contributed by atoms with Gasteiger partial charge >= 0.3 is 6.18 Å². The summed E-state index contributed by atoms with van der Waals surface area (Å²) in [7, 11) is 0. The number of nitrogens with zero attached hydrogens (tertiary/aromatic N) is 2. The van der Waals surface area contributed by atoms with Crippen LogP contribution in [-0.2, 0) is 6.18 Å². The summed E-state index contributed by atoms with van der Waals surface area (Å²) in [5.74, 6) is 0.709. The van der Waals surface area contributed by atoms with Crippen molar-refractivity contribution in [2.75, 3.05) is 10.6 Å². The van der Waals surface area contributed by atoms with Gasteiger partial charge in [0.1, 0.15) is 5.82 Å². The zero-order valence-electron chi connectivity index (χ0n) is 13.4. The molecule has 1 aromatic heterocycles. The fourth-order valence-electron chi connectivity index (χ4n) is 2.94. The molecule has 25 heavy (non-hydrogen) atoms. The first kappa shape index (κ1) is 17.8. The van der Waals surface area contributed by atoms with Gasteiger partial charge in [-0.25, -0.2) is 4.98 Å². The van der Waals surface area contributed by atoms with Crippen molar-refractivity contribution in [3.8, 4) is 0 Å². The van der Waals surface area contributed by atoms with Gasteiger partial charge in [-0.05, 0) is 37.1 Å². The Kier molecular flexibility index (Phi) is 5.32. The number of anilines is 3. The number of alkyl halides is 3. The predicted octanol–water partition coefficient (Wildman–Crippen LogP) is 5.64. The average Bonchev–Trinajstić information content (AvgIpc) is 2.57. The summed E-state index contributed by atoms with van der Waals surface area (Å²) in [4.78, 5) is 8.28. The first-order valence-corrected chi connectivity index (χ1v) is 8.53. The summed E-state index contributed by atoms with van der Waals surface area (Å²) < 4.78 is 39.5. The van der Waals surface area contributed by atoms with Crippen LogP contribution in [0.1, 0.15) is 37.7 Å². The molecule has 3 rings (SSSR count). The lowest BCUT2D eigenvalue weighted by Crippen LogP contribution is -2.23. The molecule has 0 atom stereocenters. The minimum Gasteiger partial charge on any atom is -0.367 e. The third-order valence-corrected chi connectivity index (χ3v) is 4.38. The monoisotopic (exact) mass is 370 g/mol. The van der Waals surface area contributed by atoms with Crippen LogP contribution in [0.2, 0.25) is 5.02 Å². The second kappa shape index (κ2) is 7.47. The largest absolute Gasteiger partial charge is 0.418 e. The molecule has 2 aromatic rings. The van der Waals surface area contributed by atoms with Crippen molar-refractivity contribution in [3.63, 3.8) is 0 Å². The minimum absolute atomic E-state index is 0.0199. The van der Waals surface area contributed by atoms with E-state index in [1.54, 1.807) is 6.07 Å². The third-order valence-electron chi connectivity index (χ3n) is 4.15. The summed E-state index contributed by atoms with van der Waals surface area (Å²) >= 11 is 5.69. The number of benzene rings is 1. The molecule has 0 saturated heterocycles. The fraction of sp³-hybridized carbons (Fsp3) is 0.412. The molecule has 1 saturated carbocycles. The first-order valence-electron chi connectivity index (χ1n) is 8.15. The lowest BCUT2D eigenvalue weighted by molar-refractivity contribution is -0.136. The first-order chi connectivity index (χ1) is 11.9. The van der Waals surface area contributed by atoms with Gasteiger partial charge in [-0.3, -0.25) is 0 Å². The number of nitrogens with one attached hydrogen (secondary N) is 2. The van der Waals surface area contributed by atoms with Crippen LogP contribution in [-0.4, -0.2) is 16.0 Å². The lowest BCUT2D eigenvalue weighted by atomic mass is 9.95. The highest BCUT2D eigenvalue weighted by Gasteiger charge is 2.34. The van der Waals surface area contributed by atoms with Crippen molar-refractivity contribution < 1.29 is 13.2 Å². The Hall–Kier alpha value is -2.02. The molecule has 1 aliphatic rings. The van der Waals surface area contributed by atoms with Crippen LogP contribution < -0.4 is 10.6 Å². The van der Waals surface area contributed by atoms with Crippen molar-refractivity contribution in [1.82, 2.24) is 9.97 Å². The predicted molar refractivity (Wildman–Crippen MR) is 92.3 cm³/mol. The molecular weight excluding hydrogens is 353 g/mol. The smallest absolute Gasteiger partial charge is 0.367 e. The Balaban J connectivity index is 1.78. The molecule has 0 bridgehead atoms. The van der Waals surface area contributed by atoms with Crippen LogP contribution in [0.3, 0.4) is 0 Å². The van der Waals surface area contributed by atoms with Gasteiger partial charge in [0.05, 0.1) is 11.3 Å². The summed E-state index contributed by atoms with van der Waals surface area (Å²) in [6.07, 6.45) is 2.73. The molecule has 2 N–H and O–H groups in total. The van der Waals surface area contributed by atoms with Gasteiger partial charge in [0, 0.05) is 17.3 Å². The second-order valence-electron chi connectivity index (χ2n) is 6.06. The molecule has 1 heterocycles. The van der Waals surface area contributed by atoms with Crippen LogP contribution in [0.4, 0.5) is 30.6 Å². The van der Waals surface area contributed by atoms with E-state index in [0.29, 0.717) is 11.9 Å². The van der Waals surface area contributed by atoms with Gasteiger partial charge in [-0.15, -0.1) is 0 Å². The van der Waals surface area contributed by atoms with Crippen molar-refractivity contribution in [2.24, 2.45) is 0 Å². The summed E-state index contributed by atoms with van der Waals surface area (Å²) in [6.45, 7) is 0. The summed E-state index contributed by atoms with van der Waals surface area (Å²) in [5, 5.41) is 5.99. The van der Waals surface area contributed by atoms with E-state index in [1.165, 1.54) is 37.6 Å². The second-order valence-corrected chi connectivity index (χ2v) is 6.49.